The summed E-state index contributed by atoms with van der Waals surface area (Å²) >= 11 is 3.43. The van der Waals surface area contributed by atoms with E-state index in [0.717, 1.165) is 15.4 Å². The topological polar surface area (TPSA) is 92.9 Å². The molecule has 0 saturated heterocycles. The van der Waals surface area contributed by atoms with Crippen molar-refractivity contribution in [2.75, 3.05) is 6.61 Å². The third-order valence-corrected chi connectivity index (χ3v) is 6.60. The van der Waals surface area contributed by atoms with Gasteiger partial charge in [0.05, 0.1) is 18.2 Å². The summed E-state index contributed by atoms with van der Waals surface area (Å²) in [5.41, 5.74) is 1.97. The van der Waals surface area contributed by atoms with Crippen molar-refractivity contribution >= 4 is 38.6 Å². The predicted octanol–water partition coefficient (Wildman–Crippen LogP) is 6.40. The summed E-state index contributed by atoms with van der Waals surface area (Å²) in [6.07, 6.45) is 3.27. The van der Waals surface area contributed by atoms with Gasteiger partial charge in [-0.3, -0.25) is 14.6 Å². The second-order valence-electron chi connectivity index (χ2n) is 9.35. The van der Waals surface area contributed by atoms with E-state index in [1.54, 1.807) is 36.7 Å². The Labute approximate surface area is 222 Å². The van der Waals surface area contributed by atoms with E-state index in [-0.39, 0.29) is 17.9 Å². The van der Waals surface area contributed by atoms with E-state index in [1.165, 1.54) is 4.90 Å². The van der Waals surface area contributed by atoms with Crippen LogP contribution in [0.25, 0.3) is 11.0 Å². The summed E-state index contributed by atoms with van der Waals surface area (Å²) in [5.74, 6) is -0.764. The first-order valence-corrected chi connectivity index (χ1v) is 12.7. The number of benzene rings is 2. The lowest BCUT2D eigenvalue weighted by Gasteiger charge is -2.27. The number of halogens is 1. The maximum atomic E-state index is 13.8. The van der Waals surface area contributed by atoms with Gasteiger partial charge in [-0.1, -0.05) is 41.9 Å². The molecule has 1 amide bonds. The van der Waals surface area contributed by atoms with Crippen LogP contribution in [0.1, 0.15) is 41.6 Å². The number of hydrogen-bond acceptors (Lipinski definition) is 6. The maximum Gasteiger partial charge on any atom is 0.290 e. The van der Waals surface area contributed by atoms with Crippen molar-refractivity contribution in [3.8, 4) is 5.75 Å². The van der Waals surface area contributed by atoms with Gasteiger partial charge in [0.1, 0.15) is 11.3 Å². The quantitative estimate of drug-likeness (QED) is 0.250. The Balaban J connectivity index is 1.58. The first kappa shape index (κ1) is 24.8. The third-order valence-electron chi connectivity index (χ3n) is 6.11. The summed E-state index contributed by atoms with van der Waals surface area (Å²) < 4.78 is 12.6. The number of Topliss-reactive ketones (excluding diaryl/α,β-unsaturated/α-hetero) is 1. The number of pyridine rings is 1. The normalized spacial score (nSPS) is 15.7. The van der Waals surface area contributed by atoms with Crippen molar-refractivity contribution in [1.82, 2.24) is 9.88 Å². The molecule has 0 saturated carbocycles. The molecule has 0 spiro atoms. The van der Waals surface area contributed by atoms with Crippen molar-refractivity contribution in [1.29, 1.82) is 0 Å². The van der Waals surface area contributed by atoms with Gasteiger partial charge in [-0.2, -0.15) is 0 Å². The number of carbonyl (C=O) groups excluding carboxylic acids is 2. The van der Waals surface area contributed by atoms with Crippen LogP contribution in [0.5, 0.6) is 5.75 Å². The highest BCUT2D eigenvalue weighted by Gasteiger charge is 2.44. The van der Waals surface area contributed by atoms with Gasteiger partial charge >= 0.3 is 0 Å². The Hall–Kier alpha value is -3.91. The molecule has 0 fully saturated rings. The van der Waals surface area contributed by atoms with Crippen LogP contribution in [0, 0.1) is 5.92 Å². The molecule has 37 heavy (non-hydrogen) atoms. The summed E-state index contributed by atoms with van der Waals surface area (Å²) in [5, 5.41) is 11.7. The van der Waals surface area contributed by atoms with Crippen molar-refractivity contribution in [2.45, 2.75) is 26.4 Å². The Bertz CT molecular complexity index is 1510. The van der Waals surface area contributed by atoms with Gasteiger partial charge in [0, 0.05) is 28.8 Å². The zero-order valence-corrected chi connectivity index (χ0v) is 21.9. The minimum Gasteiger partial charge on any atom is -0.503 e. The maximum absolute atomic E-state index is 13.8. The molecule has 2 aromatic carbocycles. The molecule has 4 aromatic rings. The fourth-order valence-electron chi connectivity index (χ4n) is 4.38. The molecule has 1 atom stereocenters. The van der Waals surface area contributed by atoms with Crippen molar-refractivity contribution in [3.63, 3.8) is 0 Å². The number of aliphatic hydroxyl groups is 1. The minimum absolute atomic E-state index is 0.0295. The highest BCUT2D eigenvalue weighted by molar-refractivity contribution is 9.10. The highest BCUT2D eigenvalue weighted by atomic mass is 79.9. The first-order chi connectivity index (χ1) is 17.8. The van der Waals surface area contributed by atoms with E-state index in [1.807, 2.05) is 36.4 Å². The van der Waals surface area contributed by atoms with Crippen LogP contribution in [0.2, 0.25) is 0 Å². The second-order valence-corrected chi connectivity index (χ2v) is 10.3. The van der Waals surface area contributed by atoms with Crippen molar-refractivity contribution in [3.05, 3.63) is 106 Å². The number of hydrogen-bond donors (Lipinski definition) is 1. The molecule has 8 heteroatoms. The molecule has 2 aromatic heterocycles. The van der Waals surface area contributed by atoms with Crippen LogP contribution in [-0.2, 0) is 11.3 Å². The highest BCUT2D eigenvalue weighted by Crippen LogP contribution is 2.41. The lowest BCUT2D eigenvalue weighted by molar-refractivity contribution is -0.130. The minimum atomic E-state index is -0.837. The van der Waals surface area contributed by atoms with Crippen molar-refractivity contribution in [2.24, 2.45) is 5.92 Å². The monoisotopic (exact) mass is 560 g/mol. The number of carbonyl (C=O) groups is 2. The number of amides is 1. The number of aromatic nitrogens is 1. The van der Waals surface area contributed by atoms with Crippen LogP contribution in [0.15, 0.2) is 93.3 Å². The van der Waals surface area contributed by atoms with E-state index in [0.29, 0.717) is 29.4 Å². The molecule has 0 aliphatic carbocycles. The molecular formula is C29H25BrN2O5. The SMILES string of the molecule is CC(C)COc1cccc(C2C(C(=O)c3cc4cc(Br)ccc4o3)=C(O)C(=O)N2Cc2ccncc2)c1. The lowest BCUT2D eigenvalue weighted by Crippen LogP contribution is -2.30. The van der Waals surface area contributed by atoms with Gasteiger partial charge in [0.2, 0.25) is 5.78 Å². The molecule has 1 aliphatic rings. The molecule has 0 bridgehead atoms. The Morgan fingerprint density at radius 3 is 2.68 bits per heavy atom. The van der Waals surface area contributed by atoms with E-state index in [4.69, 9.17) is 9.15 Å². The smallest absolute Gasteiger partial charge is 0.290 e. The molecule has 3 heterocycles. The summed E-state index contributed by atoms with van der Waals surface area (Å²) in [7, 11) is 0. The number of aliphatic hydroxyl groups excluding tert-OH is 1. The van der Waals surface area contributed by atoms with Gasteiger partial charge < -0.3 is 19.2 Å². The lowest BCUT2D eigenvalue weighted by atomic mass is 9.94. The molecule has 1 unspecified atom stereocenters. The number of ketones is 1. The molecule has 0 radical (unpaired) electrons. The van der Waals surface area contributed by atoms with Crippen molar-refractivity contribution < 1.29 is 23.8 Å². The molecule has 1 N–H and O–H groups in total. The number of nitrogens with zero attached hydrogens (tertiary/aromatic N) is 2. The molecule has 7 nitrogen and oxygen atoms in total. The fraction of sp³-hybridized carbons (Fsp3) is 0.207. The Morgan fingerprint density at radius 2 is 1.92 bits per heavy atom. The molecule has 1 aliphatic heterocycles. The zero-order chi connectivity index (χ0) is 26.1. The van der Waals surface area contributed by atoms with Gasteiger partial charge in [-0.05, 0) is 65.6 Å². The number of fused-ring (bicyclic) bond motifs is 1. The molecular weight excluding hydrogens is 536 g/mol. The Kier molecular flexibility index (Phi) is 6.84. The number of ether oxygens (including phenoxy) is 1. The van der Waals surface area contributed by atoms with E-state index < -0.39 is 23.5 Å². The molecule has 188 valence electrons. The predicted molar refractivity (Wildman–Crippen MR) is 142 cm³/mol. The van der Waals surface area contributed by atoms with Crippen LogP contribution in [0.4, 0.5) is 0 Å². The van der Waals surface area contributed by atoms with Crippen LogP contribution < -0.4 is 4.74 Å². The van der Waals surface area contributed by atoms with E-state index >= 15 is 0 Å². The van der Waals surface area contributed by atoms with Gasteiger partial charge in [-0.25, -0.2) is 0 Å². The zero-order valence-electron chi connectivity index (χ0n) is 20.3. The fourth-order valence-corrected chi connectivity index (χ4v) is 4.76. The van der Waals surface area contributed by atoms with Gasteiger partial charge in [0.25, 0.3) is 5.91 Å². The summed E-state index contributed by atoms with van der Waals surface area (Å²) in [6.45, 7) is 4.81. The van der Waals surface area contributed by atoms with E-state index in [2.05, 4.69) is 34.8 Å². The third kappa shape index (κ3) is 5.02. The summed E-state index contributed by atoms with van der Waals surface area (Å²) in [6, 6.07) is 17.1. The average Bonchev–Trinajstić information content (AvgIpc) is 3.42. The van der Waals surface area contributed by atoms with E-state index in [9.17, 15) is 14.7 Å². The van der Waals surface area contributed by atoms with Crippen LogP contribution in [-0.4, -0.2) is 33.3 Å². The van der Waals surface area contributed by atoms with Gasteiger partial charge in [0.15, 0.2) is 11.5 Å². The summed E-state index contributed by atoms with van der Waals surface area (Å²) in [4.78, 5) is 32.7. The van der Waals surface area contributed by atoms with Crippen LogP contribution >= 0.6 is 15.9 Å². The average molecular weight is 561 g/mol. The number of rotatable bonds is 8. The number of furan rings is 1. The molecule has 5 rings (SSSR count). The second kappa shape index (κ2) is 10.2. The van der Waals surface area contributed by atoms with Gasteiger partial charge in [-0.15, -0.1) is 0 Å². The Morgan fingerprint density at radius 1 is 1.14 bits per heavy atom. The largest absolute Gasteiger partial charge is 0.503 e. The first-order valence-electron chi connectivity index (χ1n) is 11.9. The van der Waals surface area contributed by atoms with Crippen LogP contribution in [0.3, 0.4) is 0 Å². The standard InChI is InChI=1S/C29H25BrN2O5/c1-17(2)16-36-22-5-3-4-19(13-22)26-25(27(33)24-14-20-12-21(30)6-7-23(20)37-24)28(34)29(35)32(26)15-18-8-10-31-11-9-18/h3-14,17,26,34H,15-16H2,1-2H3.